The number of nitrogens with one attached hydrogen (secondary N) is 1. The van der Waals surface area contributed by atoms with E-state index in [9.17, 15) is 35.9 Å². The first-order chi connectivity index (χ1) is 13.2. The molecule has 0 fully saturated rings. The van der Waals surface area contributed by atoms with Crippen LogP contribution in [0.1, 0.15) is 33.3 Å². The molecular formula is C17H20Cl2F6N2O3. The minimum atomic E-state index is -4.68. The average molecular weight is 485 g/mol. The van der Waals surface area contributed by atoms with E-state index < -0.39 is 35.1 Å². The summed E-state index contributed by atoms with van der Waals surface area (Å²) < 4.78 is 73.2. The van der Waals surface area contributed by atoms with Crippen molar-refractivity contribution in [1.29, 1.82) is 0 Å². The van der Waals surface area contributed by atoms with Crippen molar-refractivity contribution in [3.05, 3.63) is 27.7 Å². The Hall–Kier alpha value is -1.88. The average Bonchev–Trinajstić information content (AvgIpc) is 2.57. The number of carbonyl (C=O) groups is 2. The largest absolute Gasteiger partial charge is 0.481 e. The maximum absolute atomic E-state index is 12.7. The van der Waals surface area contributed by atoms with E-state index in [0.29, 0.717) is 19.4 Å². The molecule has 0 aromatic heterocycles. The van der Waals surface area contributed by atoms with Crippen molar-refractivity contribution in [2.75, 3.05) is 5.73 Å². The molecule has 5 nitrogen and oxygen atoms in total. The Morgan fingerprint density at radius 1 is 0.967 bits per heavy atom. The standard InChI is InChI=1S/C12H13Cl2F3N2O.C5H7F3O2/c1-11(2,12(15,16)17)10(20)19-5-6-3-4-7(13)9(18)8(6)14;1-4(2,3(9)10)5(6,7)8/h3-4H,5,18H2,1-2H3,(H,19,20);1-2H3,(H,9,10). The zero-order valence-electron chi connectivity index (χ0n) is 16.2. The molecular weight excluding hydrogens is 465 g/mol. The third-order valence-electron chi connectivity index (χ3n) is 4.17. The number of alkyl halides is 6. The fourth-order valence-corrected chi connectivity index (χ4v) is 1.83. The lowest BCUT2D eigenvalue weighted by atomic mass is 9.91. The Morgan fingerprint density at radius 2 is 1.40 bits per heavy atom. The predicted molar refractivity (Wildman–Crippen MR) is 100 cm³/mol. The molecule has 0 atom stereocenters. The first-order valence-electron chi connectivity index (χ1n) is 8.05. The molecule has 0 radical (unpaired) electrons. The van der Waals surface area contributed by atoms with Crippen LogP contribution in [0.2, 0.25) is 10.0 Å². The molecule has 0 spiro atoms. The number of hydrogen-bond donors (Lipinski definition) is 3. The number of nitrogen functional groups attached to an aromatic ring is 1. The van der Waals surface area contributed by atoms with Gasteiger partial charge in [0.1, 0.15) is 5.41 Å². The Bertz CT molecular complexity index is 793. The monoisotopic (exact) mass is 484 g/mol. The van der Waals surface area contributed by atoms with Gasteiger partial charge in [-0.1, -0.05) is 29.3 Å². The highest BCUT2D eigenvalue weighted by Gasteiger charge is 2.53. The molecule has 0 saturated heterocycles. The van der Waals surface area contributed by atoms with E-state index in [1.807, 2.05) is 0 Å². The highest BCUT2D eigenvalue weighted by molar-refractivity contribution is 6.39. The molecule has 0 aliphatic heterocycles. The van der Waals surface area contributed by atoms with E-state index in [2.05, 4.69) is 5.32 Å². The quantitative estimate of drug-likeness (QED) is 0.391. The van der Waals surface area contributed by atoms with Crippen molar-refractivity contribution >= 4 is 40.8 Å². The first-order valence-corrected chi connectivity index (χ1v) is 8.81. The molecule has 0 aliphatic rings. The minimum Gasteiger partial charge on any atom is -0.481 e. The molecule has 0 heterocycles. The van der Waals surface area contributed by atoms with Crippen LogP contribution in [-0.2, 0) is 16.1 Å². The van der Waals surface area contributed by atoms with Gasteiger partial charge in [-0.3, -0.25) is 9.59 Å². The van der Waals surface area contributed by atoms with Gasteiger partial charge in [0.2, 0.25) is 5.91 Å². The highest BCUT2D eigenvalue weighted by atomic mass is 35.5. The van der Waals surface area contributed by atoms with Gasteiger partial charge in [-0.15, -0.1) is 0 Å². The number of anilines is 1. The molecule has 0 aliphatic carbocycles. The number of hydrogen-bond acceptors (Lipinski definition) is 3. The molecule has 30 heavy (non-hydrogen) atoms. The number of halogens is 8. The number of amides is 1. The van der Waals surface area contributed by atoms with E-state index in [0.717, 1.165) is 13.8 Å². The Kier molecular flexibility index (Phi) is 8.91. The Labute approximate surface area is 178 Å². The number of carboxylic acids is 1. The fraction of sp³-hybridized carbons (Fsp3) is 0.529. The predicted octanol–water partition coefficient (Wildman–Crippen LogP) is 5.44. The van der Waals surface area contributed by atoms with Crippen LogP contribution in [0.25, 0.3) is 0 Å². The lowest BCUT2D eigenvalue weighted by Gasteiger charge is -2.26. The van der Waals surface area contributed by atoms with E-state index in [-0.39, 0.29) is 22.3 Å². The molecule has 1 amide bonds. The van der Waals surface area contributed by atoms with Crippen molar-refractivity contribution < 1.29 is 41.0 Å². The second kappa shape index (κ2) is 9.51. The summed E-state index contributed by atoms with van der Waals surface area (Å²) in [7, 11) is 0. The lowest BCUT2D eigenvalue weighted by molar-refractivity contribution is -0.221. The topological polar surface area (TPSA) is 92.4 Å². The molecule has 4 N–H and O–H groups in total. The Balaban J connectivity index is 0.000000710. The highest BCUT2D eigenvalue weighted by Crippen LogP contribution is 2.38. The van der Waals surface area contributed by atoms with Gasteiger partial charge in [0, 0.05) is 6.54 Å². The minimum absolute atomic E-state index is 0.114. The molecule has 1 aromatic carbocycles. The van der Waals surface area contributed by atoms with Crippen LogP contribution >= 0.6 is 23.2 Å². The van der Waals surface area contributed by atoms with E-state index in [1.54, 1.807) is 0 Å². The molecule has 1 rings (SSSR count). The van der Waals surface area contributed by atoms with Gasteiger partial charge < -0.3 is 16.2 Å². The summed E-state index contributed by atoms with van der Waals surface area (Å²) in [5, 5.41) is 10.6. The van der Waals surface area contributed by atoms with Gasteiger partial charge in [0.25, 0.3) is 0 Å². The number of rotatable bonds is 4. The third kappa shape index (κ3) is 6.56. The second-order valence-corrected chi connectivity index (χ2v) is 7.95. The zero-order chi connectivity index (χ0) is 24.3. The third-order valence-corrected chi connectivity index (χ3v) is 4.94. The van der Waals surface area contributed by atoms with Gasteiger partial charge in [0.05, 0.1) is 15.7 Å². The first kappa shape index (κ1) is 28.1. The summed E-state index contributed by atoms with van der Waals surface area (Å²) in [5.74, 6) is -3.01. The van der Waals surface area contributed by atoms with E-state index in [4.69, 9.17) is 34.0 Å². The number of aliphatic carboxylic acids is 1. The smallest absolute Gasteiger partial charge is 0.404 e. The summed E-state index contributed by atoms with van der Waals surface area (Å²) >= 11 is 11.6. The van der Waals surface area contributed by atoms with Crippen LogP contribution in [0.5, 0.6) is 0 Å². The fourth-order valence-electron chi connectivity index (χ4n) is 1.40. The normalized spacial score (nSPS) is 12.7. The van der Waals surface area contributed by atoms with Gasteiger partial charge in [-0.05, 0) is 39.3 Å². The van der Waals surface area contributed by atoms with Gasteiger partial charge in [-0.25, -0.2) is 0 Å². The molecule has 0 bridgehead atoms. The van der Waals surface area contributed by atoms with Crippen molar-refractivity contribution in [1.82, 2.24) is 5.32 Å². The number of benzene rings is 1. The van der Waals surface area contributed by atoms with E-state index in [1.165, 1.54) is 12.1 Å². The summed E-state index contributed by atoms with van der Waals surface area (Å²) in [4.78, 5) is 21.6. The summed E-state index contributed by atoms with van der Waals surface area (Å²) in [6.45, 7) is 2.68. The molecule has 0 unspecified atom stereocenters. The summed E-state index contributed by atoms with van der Waals surface area (Å²) in [6.07, 6.45) is -9.32. The van der Waals surface area contributed by atoms with E-state index >= 15 is 0 Å². The van der Waals surface area contributed by atoms with Crippen LogP contribution in [0.15, 0.2) is 12.1 Å². The van der Waals surface area contributed by atoms with Gasteiger partial charge in [-0.2, -0.15) is 26.3 Å². The lowest BCUT2D eigenvalue weighted by Crippen LogP contribution is -2.46. The van der Waals surface area contributed by atoms with Gasteiger partial charge >= 0.3 is 18.3 Å². The van der Waals surface area contributed by atoms with Crippen molar-refractivity contribution in [2.45, 2.75) is 46.6 Å². The number of carbonyl (C=O) groups excluding carboxylic acids is 1. The van der Waals surface area contributed by atoms with Crippen LogP contribution in [0.4, 0.5) is 32.0 Å². The maximum Gasteiger partial charge on any atom is 0.404 e. The van der Waals surface area contributed by atoms with Crippen LogP contribution < -0.4 is 11.1 Å². The zero-order valence-corrected chi connectivity index (χ0v) is 17.7. The number of carboxylic acid groups (broad SMARTS) is 1. The van der Waals surface area contributed by atoms with Crippen LogP contribution in [0.3, 0.4) is 0 Å². The summed E-state index contributed by atoms with van der Waals surface area (Å²) in [5.41, 5.74) is 0.962. The van der Waals surface area contributed by atoms with Crippen molar-refractivity contribution in [2.24, 2.45) is 10.8 Å². The molecule has 13 heteroatoms. The maximum atomic E-state index is 12.7. The van der Waals surface area contributed by atoms with Crippen molar-refractivity contribution in [3.63, 3.8) is 0 Å². The molecule has 172 valence electrons. The van der Waals surface area contributed by atoms with Crippen LogP contribution in [0, 0.1) is 10.8 Å². The number of nitrogens with two attached hydrogens (primary N) is 1. The van der Waals surface area contributed by atoms with Crippen molar-refractivity contribution in [3.8, 4) is 0 Å². The molecule has 0 saturated carbocycles. The second-order valence-electron chi connectivity index (χ2n) is 7.17. The van der Waals surface area contributed by atoms with Crippen LogP contribution in [-0.4, -0.2) is 29.3 Å². The summed E-state index contributed by atoms with van der Waals surface area (Å²) in [6, 6.07) is 2.95. The Morgan fingerprint density at radius 3 is 1.73 bits per heavy atom. The SMILES string of the molecule is CC(C)(C(=O)NCc1ccc(Cl)c(N)c1Cl)C(F)(F)F.CC(C)(C(=O)O)C(F)(F)F. The molecule has 1 aromatic rings. The van der Waals surface area contributed by atoms with Gasteiger partial charge in [0.15, 0.2) is 5.41 Å².